The van der Waals surface area contributed by atoms with Crippen molar-refractivity contribution in [3.8, 4) is 0 Å². The van der Waals surface area contributed by atoms with E-state index >= 15 is 0 Å². The Hall–Kier alpha value is -0.720. The molecule has 0 aliphatic carbocycles. The van der Waals surface area contributed by atoms with Crippen molar-refractivity contribution in [1.82, 2.24) is 4.98 Å². The molecule has 0 unspecified atom stereocenters. The average Bonchev–Trinajstić information content (AvgIpc) is 3.23. The van der Waals surface area contributed by atoms with Crippen LogP contribution in [0.4, 0.5) is 0 Å². The molecule has 0 spiro atoms. The molecule has 0 bridgehead atoms. The van der Waals surface area contributed by atoms with Crippen LogP contribution in [-0.4, -0.2) is 4.98 Å². The van der Waals surface area contributed by atoms with Gasteiger partial charge in [-0.15, -0.1) is 0 Å². The van der Waals surface area contributed by atoms with Gasteiger partial charge in [-0.05, 0) is 36.8 Å². The zero-order valence-corrected chi connectivity index (χ0v) is 21.6. The van der Waals surface area contributed by atoms with Crippen LogP contribution in [0.5, 0.6) is 0 Å². The minimum absolute atomic E-state index is 1.28. The van der Waals surface area contributed by atoms with Crippen molar-refractivity contribution in [3.63, 3.8) is 0 Å². The summed E-state index contributed by atoms with van der Waals surface area (Å²) in [7, 11) is 0. The zero-order chi connectivity index (χ0) is 22.2. The van der Waals surface area contributed by atoms with Crippen LogP contribution in [0.1, 0.15) is 166 Å². The minimum atomic E-state index is 1.28. The molecule has 1 rings (SSSR count). The highest BCUT2D eigenvalue weighted by molar-refractivity contribution is 5.23. The number of aromatic nitrogens is 1. The van der Waals surface area contributed by atoms with Gasteiger partial charge >= 0.3 is 0 Å². The molecule has 0 radical (unpaired) electrons. The lowest BCUT2D eigenvalue weighted by Crippen LogP contribution is -1.92. The van der Waals surface area contributed by atoms with E-state index in [-0.39, 0.29) is 0 Å². The van der Waals surface area contributed by atoms with Gasteiger partial charge in [-0.2, -0.15) is 0 Å². The summed E-state index contributed by atoms with van der Waals surface area (Å²) in [6.45, 7) is 4.60. The van der Waals surface area contributed by atoms with E-state index in [2.05, 4.69) is 31.2 Å². The largest absolute Gasteiger partial charge is 0.367 e. The summed E-state index contributed by atoms with van der Waals surface area (Å²) in [6.07, 6.45) is 38.7. The number of aryl methyl sites for hydroxylation is 2. The van der Waals surface area contributed by atoms with Gasteiger partial charge in [0.05, 0.1) is 0 Å². The first-order valence-electron chi connectivity index (χ1n) is 14.5. The van der Waals surface area contributed by atoms with E-state index < -0.39 is 0 Å². The first-order chi connectivity index (χ1) is 15.4. The van der Waals surface area contributed by atoms with Crippen LogP contribution in [0.25, 0.3) is 0 Å². The maximum atomic E-state index is 3.37. The van der Waals surface area contributed by atoms with Crippen LogP contribution in [0.15, 0.2) is 12.4 Å². The fourth-order valence-electron chi connectivity index (χ4n) is 4.85. The number of rotatable bonds is 24. The first-order valence-corrected chi connectivity index (χ1v) is 14.5. The number of aromatic amines is 1. The van der Waals surface area contributed by atoms with Crippen LogP contribution in [0.2, 0.25) is 0 Å². The summed E-state index contributed by atoms with van der Waals surface area (Å²) in [5, 5.41) is 0. The Kier molecular flexibility index (Phi) is 20.5. The van der Waals surface area contributed by atoms with Crippen molar-refractivity contribution < 1.29 is 0 Å². The third-order valence-electron chi connectivity index (χ3n) is 7.03. The molecule has 182 valence electrons. The normalized spacial score (nSPS) is 11.4. The lowest BCUT2D eigenvalue weighted by molar-refractivity contribution is 0.535. The van der Waals surface area contributed by atoms with Crippen molar-refractivity contribution in [3.05, 3.63) is 23.5 Å². The number of H-pyrrole nitrogens is 1. The van der Waals surface area contributed by atoms with Gasteiger partial charge in [0.1, 0.15) is 0 Å². The van der Waals surface area contributed by atoms with Crippen molar-refractivity contribution in [1.29, 1.82) is 0 Å². The number of nitrogens with one attached hydrogen (secondary N) is 1. The second-order valence-corrected chi connectivity index (χ2v) is 10.1. The highest BCUT2D eigenvalue weighted by atomic mass is 14.6. The molecule has 1 aromatic heterocycles. The molecule has 0 aliphatic rings. The Morgan fingerprint density at radius 1 is 0.387 bits per heavy atom. The standard InChI is InChI=1S/C30H57N/c1-3-5-7-9-11-13-14-15-16-17-18-20-22-24-26-30-28-31-27-29(30)25-23-21-19-12-10-8-6-4-2/h27-28,31H,3-26H2,1-2H3. The Morgan fingerprint density at radius 3 is 0.935 bits per heavy atom. The highest BCUT2D eigenvalue weighted by Crippen LogP contribution is 2.18. The Bertz CT molecular complexity index is 461. The predicted molar refractivity (Wildman–Crippen MR) is 141 cm³/mol. The van der Waals surface area contributed by atoms with Gasteiger partial charge in [-0.25, -0.2) is 0 Å². The third-order valence-corrected chi connectivity index (χ3v) is 7.03. The summed E-state index contributed by atoms with van der Waals surface area (Å²) in [5.41, 5.74) is 3.20. The second kappa shape index (κ2) is 22.5. The van der Waals surface area contributed by atoms with E-state index in [1.807, 2.05) is 0 Å². The molecule has 1 N–H and O–H groups in total. The smallest absolute Gasteiger partial charge is 0.00401 e. The summed E-state index contributed by atoms with van der Waals surface area (Å²) in [4.78, 5) is 3.37. The molecule has 0 aromatic carbocycles. The fourth-order valence-corrected chi connectivity index (χ4v) is 4.85. The minimum Gasteiger partial charge on any atom is -0.367 e. The molecule has 1 heterocycles. The van der Waals surface area contributed by atoms with E-state index in [4.69, 9.17) is 0 Å². The van der Waals surface area contributed by atoms with E-state index in [0.29, 0.717) is 0 Å². The SMILES string of the molecule is CCCCCCCCCCCCCCCCc1c[nH]cc1CCCCCCCCCC. The molecular formula is C30H57N. The van der Waals surface area contributed by atoms with Crippen LogP contribution < -0.4 is 0 Å². The van der Waals surface area contributed by atoms with E-state index in [9.17, 15) is 0 Å². The van der Waals surface area contributed by atoms with Crippen LogP contribution in [0, 0.1) is 0 Å². The highest BCUT2D eigenvalue weighted by Gasteiger charge is 2.04. The van der Waals surface area contributed by atoms with Gasteiger partial charge in [0.2, 0.25) is 0 Å². The number of hydrogen-bond donors (Lipinski definition) is 1. The molecule has 0 atom stereocenters. The van der Waals surface area contributed by atoms with Gasteiger partial charge in [0, 0.05) is 12.4 Å². The van der Waals surface area contributed by atoms with Gasteiger partial charge in [0.15, 0.2) is 0 Å². The Morgan fingerprint density at radius 2 is 0.645 bits per heavy atom. The maximum absolute atomic E-state index is 3.37. The number of unbranched alkanes of at least 4 members (excludes halogenated alkanes) is 20. The van der Waals surface area contributed by atoms with Crippen molar-refractivity contribution in [2.24, 2.45) is 0 Å². The van der Waals surface area contributed by atoms with Crippen LogP contribution in [0.3, 0.4) is 0 Å². The molecule has 1 heteroatoms. The summed E-state index contributed by atoms with van der Waals surface area (Å²) in [5.74, 6) is 0. The topological polar surface area (TPSA) is 15.8 Å². The summed E-state index contributed by atoms with van der Waals surface area (Å²) < 4.78 is 0. The van der Waals surface area contributed by atoms with Crippen LogP contribution >= 0.6 is 0 Å². The lowest BCUT2D eigenvalue weighted by atomic mass is 10.00. The second-order valence-electron chi connectivity index (χ2n) is 10.1. The van der Waals surface area contributed by atoms with E-state index in [1.165, 1.54) is 154 Å². The molecule has 0 aliphatic heterocycles. The van der Waals surface area contributed by atoms with Gasteiger partial charge in [0.25, 0.3) is 0 Å². The summed E-state index contributed by atoms with van der Waals surface area (Å²) >= 11 is 0. The predicted octanol–water partition coefficient (Wildman–Crippen LogP) is 10.7. The summed E-state index contributed by atoms with van der Waals surface area (Å²) in [6, 6.07) is 0. The quantitative estimate of drug-likeness (QED) is 0.157. The first kappa shape index (κ1) is 28.3. The fraction of sp³-hybridized carbons (Fsp3) is 0.867. The Labute approximate surface area is 196 Å². The monoisotopic (exact) mass is 431 g/mol. The van der Waals surface area contributed by atoms with Crippen molar-refractivity contribution >= 4 is 0 Å². The molecule has 0 amide bonds. The molecule has 0 fully saturated rings. The Balaban J connectivity index is 1.88. The van der Waals surface area contributed by atoms with E-state index in [0.717, 1.165) is 0 Å². The molecule has 31 heavy (non-hydrogen) atoms. The third kappa shape index (κ3) is 17.5. The van der Waals surface area contributed by atoms with Gasteiger partial charge < -0.3 is 4.98 Å². The van der Waals surface area contributed by atoms with Gasteiger partial charge in [-0.1, -0.05) is 142 Å². The van der Waals surface area contributed by atoms with Crippen LogP contribution in [-0.2, 0) is 12.8 Å². The van der Waals surface area contributed by atoms with Gasteiger partial charge in [-0.3, -0.25) is 0 Å². The molecule has 0 saturated carbocycles. The average molecular weight is 432 g/mol. The number of hydrogen-bond acceptors (Lipinski definition) is 0. The van der Waals surface area contributed by atoms with Crippen molar-refractivity contribution in [2.45, 2.75) is 168 Å². The maximum Gasteiger partial charge on any atom is 0.00401 e. The van der Waals surface area contributed by atoms with E-state index in [1.54, 1.807) is 11.1 Å². The molecule has 1 aromatic rings. The molecule has 1 nitrogen and oxygen atoms in total. The molecular weight excluding hydrogens is 374 g/mol. The zero-order valence-electron chi connectivity index (χ0n) is 21.6. The lowest BCUT2D eigenvalue weighted by Gasteiger charge is -2.06. The van der Waals surface area contributed by atoms with Crippen molar-refractivity contribution in [2.75, 3.05) is 0 Å². The molecule has 0 saturated heterocycles.